The standard InChI is InChI=1S/C24H23N3O7S/c25-23(28)11-12-32-17-7-5-16(6-8-17)26-24(29)19-3-1-2-4-20(19)27-35(30,31)18-9-10-21-22(15-18)34-14-13-33-21/h1-10,15,27H,11-14H2,(H2,25,28)(H,26,29). The van der Waals surface area contributed by atoms with Gasteiger partial charge in [0.25, 0.3) is 15.9 Å². The summed E-state index contributed by atoms with van der Waals surface area (Å²) in [4.78, 5) is 23.7. The van der Waals surface area contributed by atoms with Gasteiger partial charge in [0.1, 0.15) is 19.0 Å². The number of fused-ring (bicyclic) bond motifs is 1. The summed E-state index contributed by atoms with van der Waals surface area (Å²) in [5.74, 6) is 0.355. The van der Waals surface area contributed by atoms with E-state index in [1.165, 1.54) is 30.3 Å². The molecule has 3 aromatic carbocycles. The highest BCUT2D eigenvalue weighted by atomic mass is 32.2. The zero-order chi connectivity index (χ0) is 24.8. The van der Waals surface area contributed by atoms with E-state index in [-0.39, 0.29) is 29.2 Å². The SMILES string of the molecule is NC(=O)CCOc1ccc(NC(=O)c2ccccc2NS(=O)(=O)c2ccc3c(c2)OCCO3)cc1. The molecule has 0 radical (unpaired) electrons. The van der Waals surface area contributed by atoms with Crippen LogP contribution in [0.2, 0.25) is 0 Å². The van der Waals surface area contributed by atoms with E-state index < -0.39 is 21.8 Å². The Morgan fingerprint density at radius 2 is 1.66 bits per heavy atom. The Kier molecular flexibility index (Phi) is 7.06. The summed E-state index contributed by atoms with van der Waals surface area (Å²) in [7, 11) is -4.01. The fourth-order valence-electron chi connectivity index (χ4n) is 3.27. The third-order valence-electron chi connectivity index (χ3n) is 4.97. The van der Waals surface area contributed by atoms with E-state index >= 15 is 0 Å². The van der Waals surface area contributed by atoms with E-state index in [4.69, 9.17) is 19.9 Å². The fourth-order valence-corrected chi connectivity index (χ4v) is 4.36. The maximum atomic E-state index is 13.0. The summed E-state index contributed by atoms with van der Waals surface area (Å²) in [6, 6.07) is 17.1. The summed E-state index contributed by atoms with van der Waals surface area (Å²) < 4.78 is 44.8. The molecule has 0 aliphatic carbocycles. The molecule has 4 rings (SSSR count). The van der Waals surface area contributed by atoms with E-state index in [2.05, 4.69) is 10.0 Å². The lowest BCUT2D eigenvalue weighted by atomic mass is 10.1. The van der Waals surface area contributed by atoms with Crippen LogP contribution in [0.15, 0.2) is 71.6 Å². The van der Waals surface area contributed by atoms with Crippen LogP contribution in [0.1, 0.15) is 16.8 Å². The Labute approximate surface area is 202 Å². The van der Waals surface area contributed by atoms with Crippen LogP contribution in [0, 0.1) is 0 Å². The quantitative estimate of drug-likeness (QED) is 0.412. The molecule has 10 nitrogen and oxygen atoms in total. The van der Waals surface area contributed by atoms with Crippen molar-refractivity contribution in [1.82, 2.24) is 0 Å². The highest BCUT2D eigenvalue weighted by Crippen LogP contribution is 2.33. The van der Waals surface area contributed by atoms with Crippen LogP contribution in [0.3, 0.4) is 0 Å². The van der Waals surface area contributed by atoms with Crippen molar-refractivity contribution in [3.8, 4) is 17.2 Å². The van der Waals surface area contributed by atoms with E-state index in [1.54, 1.807) is 36.4 Å². The number of nitrogens with two attached hydrogens (primary N) is 1. The summed E-state index contributed by atoms with van der Waals surface area (Å²) in [6.07, 6.45) is 0.0947. The summed E-state index contributed by atoms with van der Waals surface area (Å²) in [5.41, 5.74) is 5.81. The smallest absolute Gasteiger partial charge is 0.262 e. The van der Waals surface area contributed by atoms with Gasteiger partial charge in [-0.3, -0.25) is 14.3 Å². The molecule has 11 heteroatoms. The molecule has 0 aromatic heterocycles. The minimum atomic E-state index is -4.01. The van der Waals surface area contributed by atoms with E-state index in [1.807, 2.05) is 0 Å². The van der Waals surface area contributed by atoms with Gasteiger partial charge in [0.05, 0.1) is 29.2 Å². The van der Waals surface area contributed by atoms with Crippen molar-refractivity contribution < 1.29 is 32.2 Å². The Hall–Kier alpha value is -4.25. The van der Waals surface area contributed by atoms with Crippen LogP contribution in [-0.4, -0.2) is 40.1 Å². The van der Waals surface area contributed by atoms with Crippen molar-refractivity contribution in [1.29, 1.82) is 0 Å². The second-order valence-corrected chi connectivity index (χ2v) is 9.18. The molecular formula is C24H23N3O7S. The van der Waals surface area contributed by atoms with Crippen molar-refractivity contribution in [3.05, 3.63) is 72.3 Å². The predicted molar refractivity (Wildman–Crippen MR) is 128 cm³/mol. The molecule has 0 bridgehead atoms. The third kappa shape index (κ3) is 6.01. The van der Waals surface area contributed by atoms with Crippen molar-refractivity contribution in [3.63, 3.8) is 0 Å². The predicted octanol–water partition coefficient (Wildman–Crippen LogP) is 2.77. The number of para-hydroxylation sites is 1. The van der Waals surface area contributed by atoms with E-state index in [9.17, 15) is 18.0 Å². The lowest BCUT2D eigenvalue weighted by Gasteiger charge is -2.19. The van der Waals surface area contributed by atoms with E-state index in [0.29, 0.717) is 36.1 Å². The maximum Gasteiger partial charge on any atom is 0.262 e. The number of sulfonamides is 1. The lowest BCUT2D eigenvalue weighted by Crippen LogP contribution is -2.19. The molecule has 1 aliphatic heterocycles. The molecule has 2 amide bonds. The molecule has 1 heterocycles. The highest BCUT2D eigenvalue weighted by molar-refractivity contribution is 7.92. The topological polar surface area (TPSA) is 146 Å². The van der Waals surface area contributed by atoms with Crippen LogP contribution in [0.4, 0.5) is 11.4 Å². The largest absolute Gasteiger partial charge is 0.493 e. The fraction of sp³-hybridized carbons (Fsp3) is 0.167. The average molecular weight is 498 g/mol. The van der Waals surface area contributed by atoms with Crippen LogP contribution < -0.4 is 30.0 Å². The van der Waals surface area contributed by atoms with Gasteiger partial charge < -0.3 is 25.3 Å². The molecule has 0 spiro atoms. The molecule has 35 heavy (non-hydrogen) atoms. The number of hydrogen-bond donors (Lipinski definition) is 3. The van der Waals surface area contributed by atoms with Crippen LogP contribution in [0.25, 0.3) is 0 Å². The molecule has 182 valence electrons. The van der Waals surface area contributed by atoms with Crippen LogP contribution >= 0.6 is 0 Å². The van der Waals surface area contributed by atoms with Gasteiger partial charge in [-0.2, -0.15) is 0 Å². The molecule has 4 N–H and O–H groups in total. The number of carbonyl (C=O) groups excluding carboxylic acids is 2. The van der Waals surface area contributed by atoms with Crippen molar-refractivity contribution in [2.24, 2.45) is 5.73 Å². The van der Waals surface area contributed by atoms with Gasteiger partial charge in [-0.1, -0.05) is 12.1 Å². The van der Waals surface area contributed by atoms with E-state index in [0.717, 1.165) is 0 Å². The lowest BCUT2D eigenvalue weighted by molar-refractivity contribution is -0.118. The maximum absolute atomic E-state index is 13.0. The van der Waals surface area contributed by atoms with Gasteiger partial charge in [-0.25, -0.2) is 8.42 Å². The third-order valence-corrected chi connectivity index (χ3v) is 6.33. The first kappa shape index (κ1) is 23.9. The molecule has 0 unspecified atom stereocenters. The van der Waals surface area contributed by atoms with Gasteiger partial charge in [0.2, 0.25) is 5.91 Å². The monoisotopic (exact) mass is 497 g/mol. The Balaban J connectivity index is 1.47. The second-order valence-electron chi connectivity index (χ2n) is 7.50. The average Bonchev–Trinajstić information content (AvgIpc) is 2.84. The Morgan fingerprint density at radius 1 is 0.943 bits per heavy atom. The Morgan fingerprint density at radius 3 is 2.40 bits per heavy atom. The number of hydrogen-bond acceptors (Lipinski definition) is 7. The van der Waals surface area contributed by atoms with Crippen LogP contribution in [-0.2, 0) is 14.8 Å². The molecule has 0 saturated carbocycles. The zero-order valence-electron chi connectivity index (χ0n) is 18.5. The number of ether oxygens (including phenoxy) is 3. The van der Waals surface area contributed by atoms with Gasteiger partial charge in [0.15, 0.2) is 11.5 Å². The minimum absolute atomic E-state index is 0.0242. The van der Waals surface area contributed by atoms with Gasteiger partial charge >= 0.3 is 0 Å². The number of carbonyl (C=O) groups is 2. The first-order valence-electron chi connectivity index (χ1n) is 10.7. The van der Waals surface area contributed by atoms with Crippen molar-refractivity contribution in [2.45, 2.75) is 11.3 Å². The molecule has 1 aliphatic rings. The first-order valence-corrected chi connectivity index (χ1v) is 12.1. The summed E-state index contributed by atoms with van der Waals surface area (Å²) in [6.45, 7) is 0.871. The molecule has 0 fully saturated rings. The normalized spacial score (nSPS) is 12.5. The number of benzene rings is 3. The number of primary amides is 1. The zero-order valence-corrected chi connectivity index (χ0v) is 19.3. The summed E-state index contributed by atoms with van der Waals surface area (Å²) >= 11 is 0. The Bertz CT molecular complexity index is 1340. The number of nitrogens with one attached hydrogen (secondary N) is 2. The summed E-state index contributed by atoms with van der Waals surface area (Å²) in [5, 5.41) is 2.73. The van der Waals surface area contributed by atoms with Crippen molar-refractivity contribution in [2.75, 3.05) is 29.9 Å². The van der Waals surface area contributed by atoms with Gasteiger partial charge in [-0.15, -0.1) is 0 Å². The molecular weight excluding hydrogens is 474 g/mol. The minimum Gasteiger partial charge on any atom is -0.493 e. The number of amides is 2. The number of rotatable bonds is 9. The van der Waals surface area contributed by atoms with Crippen molar-refractivity contribution >= 4 is 33.2 Å². The number of anilines is 2. The molecule has 3 aromatic rings. The highest BCUT2D eigenvalue weighted by Gasteiger charge is 2.22. The van der Waals surface area contributed by atoms with Gasteiger partial charge in [-0.05, 0) is 48.5 Å². The first-order chi connectivity index (χ1) is 16.8. The molecule has 0 saturated heterocycles. The van der Waals surface area contributed by atoms with Crippen LogP contribution in [0.5, 0.6) is 17.2 Å². The molecule has 0 atom stereocenters. The second kappa shape index (κ2) is 10.3. The van der Waals surface area contributed by atoms with Gasteiger partial charge in [0, 0.05) is 11.8 Å².